The van der Waals surface area contributed by atoms with E-state index >= 15 is 0 Å². The van der Waals surface area contributed by atoms with Gasteiger partial charge in [-0.05, 0) is 61.6 Å². The van der Waals surface area contributed by atoms with Crippen molar-refractivity contribution in [1.82, 2.24) is 0 Å². The molecular weight excluding hydrogens is 408 g/mol. The lowest BCUT2D eigenvalue weighted by Crippen LogP contribution is -2.04. The third-order valence-corrected chi connectivity index (χ3v) is 4.38. The van der Waals surface area contributed by atoms with Gasteiger partial charge in [0, 0.05) is 25.7 Å². The number of aliphatic carboxylic acids is 1. The molecule has 0 amide bonds. The molecule has 2 aromatic rings. The summed E-state index contributed by atoms with van der Waals surface area (Å²) in [5.74, 6) is 0.555. The molecule has 0 atom stereocenters. The molecule has 0 spiro atoms. The number of rotatable bonds is 15. The Hall–Kier alpha value is -3.09. The topological polar surface area (TPSA) is 74.2 Å². The van der Waals surface area contributed by atoms with Crippen molar-refractivity contribution in [2.45, 2.75) is 33.1 Å². The number of unbranched alkanes of at least 4 members (excludes halogenated alkanes) is 1. The average molecular weight is 441 g/mol. The molecule has 6 heteroatoms. The zero-order valence-corrected chi connectivity index (χ0v) is 18.8. The molecule has 0 aliphatic carbocycles. The molecule has 2 rings (SSSR count). The number of hydrogen-bond donors (Lipinski definition) is 1. The van der Waals surface area contributed by atoms with Gasteiger partial charge in [0.15, 0.2) is 13.6 Å². The van der Waals surface area contributed by atoms with Crippen LogP contribution in [0.4, 0.5) is 0 Å². The van der Waals surface area contributed by atoms with Crippen LogP contribution in [0.1, 0.15) is 49.8 Å². The van der Waals surface area contributed by atoms with Crippen LogP contribution >= 0.6 is 0 Å². The first-order chi connectivity index (χ1) is 15.6. The highest BCUT2D eigenvalue weighted by Gasteiger charge is 2.03. The number of carbonyl (C=O) groups is 1. The predicted octanol–water partition coefficient (Wildman–Crippen LogP) is 5.87. The molecule has 0 aromatic heterocycles. The van der Waals surface area contributed by atoms with Crippen LogP contribution in [0.3, 0.4) is 0 Å². The fourth-order valence-corrected chi connectivity index (χ4v) is 2.79. The van der Waals surface area contributed by atoms with Gasteiger partial charge >= 0.3 is 5.97 Å². The molecule has 0 bridgehead atoms. The number of allylic oxidation sites excluding steroid dienone is 1. The third-order valence-electron chi connectivity index (χ3n) is 4.38. The summed E-state index contributed by atoms with van der Waals surface area (Å²) >= 11 is 0. The van der Waals surface area contributed by atoms with Gasteiger partial charge in [-0.25, -0.2) is 0 Å². The lowest BCUT2D eigenvalue weighted by molar-refractivity contribution is -0.137. The van der Waals surface area contributed by atoms with Gasteiger partial charge in [0.2, 0.25) is 0 Å². The molecule has 2 aromatic carbocycles. The Kier molecular flexibility index (Phi) is 11.7. The van der Waals surface area contributed by atoms with Crippen molar-refractivity contribution in [3.05, 3.63) is 65.2 Å². The minimum Gasteiger partial charge on any atom is -0.481 e. The van der Waals surface area contributed by atoms with E-state index in [0.29, 0.717) is 31.1 Å². The summed E-state index contributed by atoms with van der Waals surface area (Å²) in [6.45, 7) is 5.34. The van der Waals surface area contributed by atoms with Crippen molar-refractivity contribution in [2.24, 2.45) is 0 Å². The lowest BCUT2D eigenvalue weighted by Gasteiger charge is -2.11. The zero-order valence-electron chi connectivity index (χ0n) is 18.8. The van der Waals surface area contributed by atoms with Crippen LogP contribution in [0, 0.1) is 0 Å². The van der Waals surface area contributed by atoms with Crippen molar-refractivity contribution in [3.8, 4) is 11.5 Å². The molecule has 0 fully saturated rings. The average Bonchev–Trinajstić information content (AvgIpc) is 2.78. The number of ether oxygens (including phenoxy) is 4. The fourth-order valence-electron chi connectivity index (χ4n) is 2.79. The lowest BCUT2D eigenvalue weighted by atomic mass is 10.1. The van der Waals surface area contributed by atoms with E-state index in [0.717, 1.165) is 23.1 Å². The summed E-state index contributed by atoms with van der Waals surface area (Å²) < 4.78 is 21.9. The maximum Gasteiger partial charge on any atom is 0.303 e. The highest BCUT2D eigenvalue weighted by molar-refractivity contribution is 5.72. The summed E-state index contributed by atoms with van der Waals surface area (Å²) in [4.78, 5) is 10.6. The molecule has 0 heterocycles. The molecule has 0 aliphatic heterocycles. The fraction of sp³-hybridized carbons (Fsp3) is 0.346. The highest BCUT2D eigenvalue weighted by Crippen LogP contribution is 2.25. The third kappa shape index (κ3) is 10.3. The normalized spacial score (nSPS) is 11.3. The monoisotopic (exact) mass is 440 g/mol. The van der Waals surface area contributed by atoms with Gasteiger partial charge < -0.3 is 24.1 Å². The summed E-state index contributed by atoms with van der Waals surface area (Å²) in [7, 11) is 0. The summed E-state index contributed by atoms with van der Waals surface area (Å²) in [6, 6.07) is 13.8. The summed E-state index contributed by atoms with van der Waals surface area (Å²) in [5, 5.41) is 8.70. The smallest absolute Gasteiger partial charge is 0.303 e. The number of benzene rings is 2. The van der Waals surface area contributed by atoms with E-state index < -0.39 is 5.97 Å². The minimum atomic E-state index is -0.760. The molecule has 0 aliphatic rings. The molecule has 0 unspecified atom stereocenters. The minimum absolute atomic E-state index is 0.176. The predicted molar refractivity (Wildman–Crippen MR) is 127 cm³/mol. The van der Waals surface area contributed by atoms with Crippen LogP contribution in [0.25, 0.3) is 18.2 Å². The Bertz CT molecular complexity index is 859. The van der Waals surface area contributed by atoms with Gasteiger partial charge in [-0.3, -0.25) is 4.79 Å². The van der Waals surface area contributed by atoms with Crippen LogP contribution in [0.15, 0.2) is 48.5 Å². The summed E-state index contributed by atoms with van der Waals surface area (Å²) in [5.41, 5.74) is 3.05. The van der Waals surface area contributed by atoms with Gasteiger partial charge in [0.1, 0.15) is 11.5 Å². The van der Waals surface area contributed by atoms with Crippen LogP contribution < -0.4 is 9.47 Å². The van der Waals surface area contributed by atoms with Gasteiger partial charge in [-0.1, -0.05) is 42.5 Å². The molecule has 0 saturated heterocycles. The second-order valence-corrected chi connectivity index (χ2v) is 6.94. The van der Waals surface area contributed by atoms with Crippen LogP contribution in [-0.4, -0.2) is 37.9 Å². The first-order valence-corrected chi connectivity index (χ1v) is 10.8. The highest BCUT2D eigenvalue weighted by atomic mass is 16.7. The molecule has 0 saturated carbocycles. The number of hydrogen-bond acceptors (Lipinski definition) is 5. The first-order valence-electron chi connectivity index (χ1n) is 10.8. The van der Waals surface area contributed by atoms with Gasteiger partial charge in [-0.15, -0.1) is 0 Å². The van der Waals surface area contributed by atoms with E-state index in [-0.39, 0.29) is 20.0 Å². The van der Waals surface area contributed by atoms with Crippen molar-refractivity contribution in [3.63, 3.8) is 0 Å². The zero-order chi connectivity index (χ0) is 23.0. The van der Waals surface area contributed by atoms with Gasteiger partial charge in [-0.2, -0.15) is 0 Å². The number of carboxylic acid groups (broad SMARTS) is 1. The van der Waals surface area contributed by atoms with Crippen molar-refractivity contribution >= 4 is 24.2 Å². The molecule has 172 valence electrons. The molecule has 6 nitrogen and oxygen atoms in total. The first kappa shape index (κ1) is 25.2. The standard InChI is InChI=1S/C26H32O6/c1-3-29-19-31-24-16-23(17-25(18-24)32-20-30-4-2)14-13-22-11-8-10-21(15-22)9-6-5-7-12-26(27)28/h6,8-11,13-18H,3-5,7,12,19-20H2,1-2H3,(H,27,28). The molecular formula is C26H32O6. The Morgan fingerprint density at radius 3 is 2.03 bits per heavy atom. The molecule has 0 radical (unpaired) electrons. The van der Waals surface area contributed by atoms with E-state index in [9.17, 15) is 4.79 Å². The van der Waals surface area contributed by atoms with Crippen molar-refractivity contribution in [1.29, 1.82) is 0 Å². The van der Waals surface area contributed by atoms with E-state index in [2.05, 4.69) is 6.07 Å². The largest absolute Gasteiger partial charge is 0.481 e. The Labute approximate surface area is 190 Å². The van der Waals surface area contributed by atoms with Crippen LogP contribution in [0.5, 0.6) is 11.5 Å². The van der Waals surface area contributed by atoms with Crippen molar-refractivity contribution < 1.29 is 28.8 Å². The van der Waals surface area contributed by atoms with E-state index in [1.165, 1.54) is 0 Å². The second-order valence-electron chi connectivity index (χ2n) is 6.94. The Morgan fingerprint density at radius 2 is 1.44 bits per heavy atom. The van der Waals surface area contributed by atoms with Gasteiger partial charge in [0.05, 0.1) is 0 Å². The van der Waals surface area contributed by atoms with Crippen LogP contribution in [0.2, 0.25) is 0 Å². The quantitative estimate of drug-likeness (QED) is 0.212. The maximum atomic E-state index is 10.6. The summed E-state index contributed by atoms with van der Waals surface area (Å²) in [6.07, 6.45) is 9.61. The van der Waals surface area contributed by atoms with Crippen LogP contribution in [-0.2, 0) is 14.3 Å². The Morgan fingerprint density at radius 1 is 0.844 bits per heavy atom. The van der Waals surface area contributed by atoms with Crippen molar-refractivity contribution in [2.75, 3.05) is 26.8 Å². The maximum absolute atomic E-state index is 10.6. The molecule has 1 N–H and O–H groups in total. The van der Waals surface area contributed by atoms with E-state index in [1.807, 2.05) is 74.5 Å². The van der Waals surface area contributed by atoms with E-state index in [4.69, 9.17) is 24.1 Å². The molecule has 32 heavy (non-hydrogen) atoms. The SMILES string of the molecule is CCOCOc1cc(C=Cc2cccc(C=CCCCC(=O)O)c2)cc(OCOCC)c1. The number of carboxylic acids is 1. The van der Waals surface area contributed by atoms with Gasteiger partial charge in [0.25, 0.3) is 0 Å². The second kappa shape index (κ2) is 14.8. The van der Waals surface area contributed by atoms with E-state index in [1.54, 1.807) is 0 Å². The Balaban J connectivity index is 2.07.